The van der Waals surface area contributed by atoms with E-state index >= 15 is 4.39 Å². The molecule has 1 saturated heterocycles. The molecule has 44 heavy (non-hydrogen) atoms. The van der Waals surface area contributed by atoms with Gasteiger partial charge in [0.1, 0.15) is 34.9 Å². The van der Waals surface area contributed by atoms with Crippen LogP contribution in [0.4, 0.5) is 16.0 Å². The molecule has 4 aromatic heterocycles. The van der Waals surface area contributed by atoms with Gasteiger partial charge in [-0.2, -0.15) is 14.6 Å². The van der Waals surface area contributed by atoms with Crippen LogP contribution in [0.1, 0.15) is 13.8 Å². The Kier molecular flexibility index (Phi) is 8.35. The van der Waals surface area contributed by atoms with Crippen LogP contribution in [0.25, 0.3) is 28.1 Å². The van der Waals surface area contributed by atoms with E-state index in [1.54, 1.807) is 29.2 Å². The van der Waals surface area contributed by atoms with Crippen LogP contribution in [0.5, 0.6) is 5.75 Å². The number of amides is 1. The lowest BCUT2D eigenvalue weighted by Crippen LogP contribution is -2.47. The summed E-state index contributed by atoms with van der Waals surface area (Å²) in [7, 11) is 0. The first kappa shape index (κ1) is 29.4. The third-order valence-electron chi connectivity index (χ3n) is 7.95. The fourth-order valence-electron chi connectivity index (χ4n) is 5.32. The predicted octanol–water partition coefficient (Wildman–Crippen LogP) is 2.36. The SMILES string of the molecule is CC(C)C(N)C(=O)NCCOc1ccc(N2CCN(CCn3cnc4c3nc(N)n3nc(-c5ccco5)cc43)CC2)c(F)c1. The van der Waals surface area contributed by atoms with Gasteiger partial charge in [-0.25, -0.2) is 9.37 Å². The molecular formula is C30H37FN10O3. The van der Waals surface area contributed by atoms with E-state index in [9.17, 15) is 4.79 Å². The van der Waals surface area contributed by atoms with Crippen LogP contribution in [-0.2, 0) is 11.3 Å². The number of nitrogen functional groups attached to an aromatic ring is 1. The van der Waals surface area contributed by atoms with E-state index in [0.29, 0.717) is 54.7 Å². The summed E-state index contributed by atoms with van der Waals surface area (Å²) in [5.41, 5.74) is 15.5. The molecule has 1 aromatic carbocycles. The second-order valence-electron chi connectivity index (χ2n) is 11.2. The second kappa shape index (κ2) is 12.5. The number of anilines is 2. The van der Waals surface area contributed by atoms with Gasteiger partial charge >= 0.3 is 0 Å². The van der Waals surface area contributed by atoms with Gasteiger partial charge in [0, 0.05) is 45.3 Å². The number of furan rings is 1. The maximum atomic E-state index is 15.0. The number of nitrogens with zero attached hydrogens (tertiary/aromatic N) is 7. The summed E-state index contributed by atoms with van der Waals surface area (Å²) in [6, 6.07) is 9.88. The highest BCUT2D eigenvalue weighted by Crippen LogP contribution is 2.27. The van der Waals surface area contributed by atoms with E-state index < -0.39 is 6.04 Å². The summed E-state index contributed by atoms with van der Waals surface area (Å²) >= 11 is 0. The summed E-state index contributed by atoms with van der Waals surface area (Å²) in [5.74, 6) is 0.828. The van der Waals surface area contributed by atoms with Crippen LogP contribution in [0.15, 0.2) is 53.4 Å². The van der Waals surface area contributed by atoms with E-state index in [2.05, 4.69) is 25.3 Å². The number of hydrogen-bond acceptors (Lipinski definition) is 10. The van der Waals surface area contributed by atoms with Crippen molar-refractivity contribution in [3.8, 4) is 17.2 Å². The van der Waals surface area contributed by atoms with Crippen LogP contribution in [-0.4, -0.2) is 86.9 Å². The largest absolute Gasteiger partial charge is 0.492 e. The third-order valence-corrected chi connectivity index (χ3v) is 7.95. The predicted molar refractivity (Wildman–Crippen MR) is 165 cm³/mol. The summed E-state index contributed by atoms with van der Waals surface area (Å²) in [5, 5.41) is 7.27. The number of aromatic nitrogens is 5. The van der Waals surface area contributed by atoms with Crippen molar-refractivity contribution in [1.82, 2.24) is 34.4 Å². The molecule has 1 aliphatic rings. The monoisotopic (exact) mass is 604 g/mol. The average Bonchev–Trinajstić information content (AvgIpc) is 3.78. The van der Waals surface area contributed by atoms with Gasteiger partial charge in [-0.05, 0) is 36.2 Å². The van der Waals surface area contributed by atoms with Gasteiger partial charge in [-0.15, -0.1) is 0 Å². The van der Waals surface area contributed by atoms with Crippen molar-refractivity contribution in [2.45, 2.75) is 26.4 Å². The Morgan fingerprint density at radius 1 is 1.16 bits per heavy atom. The van der Waals surface area contributed by atoms with Crippen molar-refractivity contribution in [2.24, 2.45) is 11.7 Å². The van der Waals surface area contributed by atoms with Crippen molar-refractivity contribution in [3.05, 3.63) is 54.8 Å². The highest BCUT2D eigenvalue weighted by molar-refractivity contribution is 5.90. The standard InChI is InChI=1S/C30H37FN10O3/c1-19(2)26(32)29(42)34-7-15-43-20-5-6-23(21(31)16-20)39-11-8-38(9-12-39)10-13-40-18-35-27-24-17-22(25-4-3-14-44-25)37-41(24)30(33)36-28(27)40/h3-6,14,16-19,26H,7-13,15,32H2,1-2H3,(H2,33,36)(H,34,42). The van der Waals surface area contributed by atoms with Gasteiger partial charge in [0.05, 0.1) is 30.9 Å². The van der Waals surface area contributed by atoms with Gasteiger partial charge in [0.2, 0.25) is 11.9 Å². The molecule has 0 bridgehead atoms. The minimum absolute atomic E-state index is 0.0474. The molecule has 5 N–H and O–H groups in total. The molecule has 14 heteroatoms. The molecule has 1 fully saturated rings. The molecule has 0 radical (unpaired) electrons. The number of nitrogens with two attached hydrogens (primary N) is 2. The fraction of sp³-hybridized carbons (Fsp3) is 0.400. The summed E-state index contributed by atoms with van der Waals surface area (Å²) < 4.78 is 29.7. The van der Waals surface area contributed by atoms with Crippen LogP contribution < -0.4 is 26.4 Å². The third kappa shape index (κ3) is 6.03. The fourth-order valence-corrected chi connectivity index (χ4v) is 5.32. The number of imidazole rings is 1. The smallest absolute Gasteiger partial charge is 0.237 e. The minimum atomic E-state index is -0.564. The van der Waals surface area contributed by atoms with Crippen LogP contribution in [0, 0.1) is 11.7 Å². The van der Waals surface area contributed by atoms with E-state index in [0.717, 1.165) is 30.7 Å². The van der Waals surface area contributed by atoms with E-state index in [1.807, 2.05) is 41.5 Å². The van der Waals surface area contributed by atoms with E-state index in [-0.39, 0.29) is 30.2 Å². The number of carbonyl (C=O) groups is 1. The molecule has 6 rings (SSSR count). The number of nitrogens with one attached hydrogen (secondary N) is 1. The highest BCUT2D eigenvalue weighted by atomic mass is 19.1. The van der Waals surface area contributed by atoms with Crippen LogP contribution in [0.2, 0.25) is 0 Å². The number of carbonyl (C=O) groups excluding carboxylic acids is 1. The van der Waals surface area contributed by atoms with Gasteiger partial charge in [0.15, 0.2) is 11.4 Å². The molecule has 1 atom stereocenters. The zero-order valence-electron chi connectivity index (χ0n) is 24.8. The van der Waals surface area contributed by atoms with Crippen molar-refractivity contribution in [2.75, 3.05) is 56.5 Å². The first-order valence-corrected chi connectivity index (χ1v) is 14.8. The Bertz CT molecular complexity index is 1740. The number of hydrogen-bond donors (Lipinski definition) is 3. The Morgan fingerprint density at radius 2 is 1.98 bits per heavy atom. The molecule has 1 unspecified atom stereocenters. The molecule has 5 aromatic rings. The Labute approximate surface area is 253 Å². The Morgan fingerprint density at radius 3 is 2.70 bits per heavy atom. The quantitative estimate of drug-likeness (QED) is 0.191. The van der Waals surface area contributed by atoms with Gasteiger partial charge in [-0.3, -0.25) is 9.69 Å². The van der Waals surface area contributed by atoms with Gasteiger partial charge in [-0.1, -0.05) is 13.8 Å². The topological polar surface area (TPSA) is 158 Å². The molecule has 1 aliphatic heterocycles. The molecule has 0 aliphatic carbocycles. The first-order chi connectivity index (χ1) is 21.3. The van der Waals surface area contributed by atoms with Crippen LogP contribution >= 0.6 is 0 Å². The van der Waals surface area contributed by atoms with Crippen LogP contribution in [0.3, 0.4) is 0 Å². The minimum Gasteiger partial charge on any atom is -0.492 e. The first-order valence-electron chi connectivity index (χ1n) is 14.8. The number of benzene rings is 1. The maximum absolute atomic E-state index is 15.0. The normalized spacial score (nSPS) is 15.0. The molecule has 232 valence electrons. The molecule has 1 amide bonds. The zero-order valence-corrected chi connectivity index (χ0v) is 24.8. The molecule has 13 nitrogen and oxygen atoms in total. The lowest BCUT2D eigenvalue weighted by Gasteiger charge is -2.36. The number of ether oxygens (including phenoxy) is 1. The maximum Gasteiger partial charge on any atom is 0.237 e. The lowest BCUT2D eigenvalue weighted by molar-refractivity contribution is -0.123. The molecular weight excluding hydrogens is 567 g/mol. The summed E-state index contributed by atoms with van der Waals surface area (Å²) in [6.45, 7) is 8.74. The van der Waals surface area contributed by atoms with Crippen molar-refractivity contribution >= 4 is 34.2 Å². The number of halogens is 1. The second-order valence-corrected chi connectivity index (χ2v) is 11.2. The molecule has 0 saturated carbocycles. The van der Waals surface area contributed by atoms with Gasteiger partial charge < -0.3 is 35.4 Å². The zero-order chi connectivity index (χ0) is 30.8. The number of rotatable bonds is 11. The lowest BCUT2D eigenvalue weighted by atomic mass is 10.1. The van der Waals surface area contributed by atoms with Crippen molar-refractivity contribution in [3.63, 3.8) is 0 Å². The average molecular weight is 605 g/mol. The summed E-state index contributed by atoms with van der Waals surface area (Å²) in [4.78, 5) is 25.5. The summed E-state index contributed by atoms with van der Waals surface area (Å²) in [6.07, 6.45) is 3.38. The highest BCUT2D eigenvalue weighted by Gasteiger charge is 2.21. The molecule has 5 heterocycles. The Balaban J connectivity index is 1.01. The Hall–Kier alpha value is -4.69. The van der Waals surface area contributed by atoms with Gasteiger partial charge in [0.25, 0.3) is 0 Å². The van der Waals surface area contributed by atoms with E-state index in [1.165, 1.54) is 6.07 Å². The number of fused-ring (bicyclic) bond motifs is 3. The molecule has 0 spiro atoms. The number of piperazine rings is 1. The van der Waals surface area contributed by atoms with E-state index in [4.69, 9.17) is 20.6 Å². The van der Waals surface area contributed by atoms with Crippen molar-refractivity contribution in [1.29, 1.82) is 0 Å². The van der Waals surface area contributed by atoms with Crippen molar-refractivity contribution < 1.29 is 18.3 Å².